The van der Waals surface area contributed by atoms with Crippen LogP contribution in [-0.2, 0) is 9.59 Å². The molecule has 2 aliphatic rings. The number of anilines is 2. The summed E-state index contributed by atoms with van der Waals surface area (Å²) in [4.78, 5) is 26.3. The maximum atomic E-state index is 13.1. The third-order valence-electron chi connectivity index (χ3n) is 6.61. The van der Waals surface area contributed by atoms with Gasteiger partial charge in [-0.1, -0.05) is 24.3 Å². The minimum Gasteiger partial charge on any atom is -0.326 e. The van der Waals surface area contributed by atoms with Crippen LogP contribution < -0.4 is 10.6 Å². The number of aryl methyl sites for hydroxylation is 4. The van der Waals surface area contributed by atoms with Crippen molar-refractivity contribution in [1.29, 1.82) is 0 Å². The summed E-state index contributed by atoms with van der Waals surface area (Å²) in [5.74, 6) is -0.545. The van der Waals surface area contributed by atoms with E-state index in [0.29, 0.717) is 0 Å². The van der Waals surface area contributed by atoms with Gasteiger partial charge in [0.25, 0.3) is 0 Å². The zero-order chi connectivity index (χ0) is 20.7. The standard InChI is InChI=1S/C25H28N2O2/c1-14-5-9-20(11-16(14)3)26-24(28)22-18-7-8-19(13-18)23(22)25(29)27-21-10-6-15(2)17(4)12-21/h5-12,18-19,22-23H,13H2,1-4H3,(H,26,28)(H,27,29). The van der Waals surface area contributed by atoms with E-state index >= 15 is 0 Å². The van der Waals surface area contributed by atoms with Gasteiger partial charge in [0, 0.05) is 11.4 Å². The predicted molar refractivity (Wildman–Crippen MR) is 117 cm³/mol. The van der Waals surface area contributed by atoms with Gasteiger partial charge in [-0.3, -0.25) is 9.59 Å². The van der Waals surface area contributed by atoms with Crippen LogP contribution in [0.5, 0.6) is 0 Å². The minimum atomic E-state index is -0.335. The van der Waals surface area contributed by atoms with Gasteiger partial charge in [0.15, 0.2) is 0 Å². The zero-order valence-electron chi connectivity index (χ0n) is 17.5. The lowest BCUT2D eigenvalue weighted by Gasteiger charge is -2.26. The molecule has 4 heteroatoms. The average molecular weight is 389 g/mol. The molecule has 150 valence electrons. The van der Waals surface area contributed by atoms with Crippen molar-refractivity contribution < 1.29 is 9.59 Å². The molecule has 0 aliphatic heterocycles. The molecule has 2 aromatic carbocycles. The van der Waals surface area contributed by atoms with Crippen LogP contribution >= 0.6 is 0 Å². The summed E-state index contributed by atoms with van der Waals surface area (Å²) in [5.41, 5.74) is 6.24. The number of hydrogen-bond acceptors (Lipinski definition) is 2. The first kappa shape index (κ1) is 19.4. The quantitative estimate of drug-likeness (QED) is 0.729. The summed E-state index contributed by atoms with van der Waals surface area (Å²) in [6.07, 6.45) is 5.08. The van der Waals surface area contributed by atoms with E-state index in [2.05, 4.69) is 36.6 Å². The van der Waals surface area contributed by atoms with Gasteiger partial charge in [0.05, 0.1) is 11.8 Å². The van der Waals surface area contributed by atoms with Crippen molar-refractivity contribution in [3.05, 3.63) is 70.8 Å². The number of benzene rings is 2. The predicted octanol–water partition coefficient (Wildman–Crippen LogP) is 4.94. The molecule has 0 saturated heterocycles. The average Bonchev–Trinajstić information content (AvgIpc) is 3.29. The first-order valence-corrected chi connectivity index (χ1v) is 10.3. The summed E-state index contributed by atoms with van der Waals surface area (Å²) >= 11 is 0. The second kappa shape index (κ2) is 7.51. The maximum Gasteiger partial charge on any atom is 0.228 e. The minimum absolute atomic E-state index is 0.0645. The number of rotatable bonds is 4. The fourth-order valence-electron chi connectivity index (χ4n) is 4.63. The van der Waals surface area contributed by atoms with E-state index in [1.165, 1.54) is 11.1 Å². The van der Waals surface area contributed by atoms with E-state index in [4.69, 9.17) is 0 Å². The Balaban J connectivity index is 1.53. The summed E-state index contributed by atoms with van der Waals surface area (Å²) in [6.45, 7) is 8.17. The highest BCUT2D eigenvalue weighted by Gasteiger charge is 2.51. The Hall–Kier alpha value is -2.88. The van der Waals surface area contributed by atoms with E-state index in [1.54, 1.807) is 0 Å². The molecule has 2 N–H and O–H groups in total. The van der Waals surface area contributed by atoms with Crippen LogP contribution in [0.4, 0.5) is 11.4 Å². The summed E-state index contributed by atoms with van der Waals surface area (Å²) < 4.78 is 0. The fraction of sp³-hybridized carbons (Fsp3) is 0.360. The Bertz CT molecular complexity index is 928. The molecule has 2 bridgehead atoms. The SMILES string of the molecule is Cc1ccc(NC(=O)C2C3C=CC(C3)C2C(=O)Nc2ccc(C)c(C)c2)cc1C. The molecule has 0 heterocycles. The first-order chi connectivity index (χ1) is 13.8. The molecule has 2 aliphatic carbocycles. The van der Waals surface area contributed by atoms with Crippen LogP contribution in [0.25, 0.3) is 0 Å². The highest BCUT2D eigenvalue weighted by molar-refractivity contribution is 6.01. The molecule has 29 heavy (non-hydrogen) atoms. The highest BCUT2D eigenvalue weighted by atomic mass is 16.2. The van der Waals surface area contributed by atoms with Crippen molar-refractivity contribution in [2.24, 2.45) is 23.7 Å². The van der Waals surface area contributed by atoms with Crippen molar-refractivity contribution in [2.45, 2.75) is 34.1 Å². The van der Waals surface area contributed by atoms with Crippen LogP contribution in [0.3, 0.4) is 0 Å². The lowest BCUT2D eigenvalue weighted by molar-refractivity contribution is -0.129. The van der Waals surface area contributed by atoms with Gasteiger partial charge in [0.2, 0.25) is 11.8 Å². The van der Waals surface area contributed by atoms with Gasteiger partial charge < -0.3 is 10.6 Å². The molecule has 1 fully saturated rings. The molecule has 2 aromatic rings. The first-order valence-electron chi connectivity index (χ1n) is 10.3. The second-order valence-corrected chi connectivity index (χ2v) is 8.58. The molecular formula is C25H28N2O2. The van der Waals surface area contributed by atoms with E-state index < -0.39 is 0 Å². The van der Waals surface area contributed by atoms with E-state index in [-0.39, 0.29) is 35.5 Å². The van der Waals surface area contributed by atoms with Crippen LogP contribution in [0.2, 0.25) is 0 Å². The van der Waals surface area contributed by atoms with Gasteiger partial charge >= 0.3 is 0 Å². The molecule has 2 amide bonds. The number of amides is 2. The Morgan fingerprint density at radius 3 is 1.48 bits per heavy atom. The van der Waals surface area contributed by atoms with Gasteiger partial charge in [-0.15, -0.1) is 0 Å². The molecule has 4 atom stereocenters. The number of allylic oxidation sites excluding steroid dienone is 2. The van der Waals surface area contributed by atoms with Crippen LogP contribution in [0, 0.1) is 51.4 Å². The molecule has 4 rings (SSSR count). The lowest BCUT2D eigenvalue weighted by atomic mass is 9.81. The lowest BCUT2D eigenvalue weighted by Crippen LogP contribution is -2.39. The van der Waals surface area contributed by atoms with Crippen molar-refractivity contribution in [3.63, 3.8) is 0 Å². The van der Waals surface area contributed by atoms with Crippen molar-refractivity contribution in [3.8, 4) is 0 Å². The van der Waals surface area contributed by atoms with Crippen LogP contribution in [0.1, 0.15) is 28.7 Å². The Labute approximate surface area is 172 Å². The third kappa shape index (κ3) is 3.71. The number of carbonyl (C=O) groups is 2. The van der Waals surface area contributed by atoms with Crippen LogP contribution in [-0.4, -0.2) is 11.8 Å². The van der Waals surface area contributed by atoms with Crippen molar-refractivity contribution >= 4 is 23.2 Å². The number of fused-ring (bicyclic) bond motifs is 2. The largest absolute Gasteiger partial charge is 0.326 e. The molecule has 1 saturated carbocycles. The van der Waals surface area contributed by atoms with Crippen molar-refractivity contribution in [1.82, 2.24) is 0 Å². The van der Waals surface area contributed by atoms with Crippen LogP contribution in [0.15, 0.2) is 48.6 Å². The van der Waals surface area contributed by atoms with E-state index in [1.807, 2.05) is 50.2 Å². The number of carbonyl (C=O) groups excluding carboxylic acids is 2. The smallest absolute Gasteiger partial charge is 0.228 e. The van der Waals surface area contributed by atoms with E-state index in [0.717, 1.165) is 28.9 Å². The second-order valence-electron chi connectivity index (χ2n) is 8.58. The topological polar surface area (TPSA) is 58.2 Å². The third-order valence-corrected chi connectivity index (χ3v) is 6.61. The molecule has 0 radical (unpaired) electrons. The molecule has 0 aromatic heterocycles. The molecule has 4 nitrogen and oxygen atoms in total. The summed E-state index contributed by atoms with van der Waals surface area (Å²) in [7, 11) is 0. The zero-order valence-corrected chi connectivity index (χ0v) is 17.5. The fourth-order valence-corrected chi connectivity index (χ4v) is 4.63. The van der Waals surface area contributed by atoms with E-state index in [9.17, 15) is 9.59 Å². The Kier molecular flexibility index (Phi) is 5.03. The van der Waals surface area contributed by atoms with Gasteiger partial charge in [-0.25, -0.2) is 0 Å². The van der Waals surface area contributed by atoms with Gasteiger partial charge in [-0.05, 0) is 92.5 Å². The molecule has 4 unspecified atom stereocenters. The number of hydrogen-bond donors (Lipinski definition) is 2. The van der Waals surface area contributed by atoms with Gasteiger partial charge in [-0.2, -0.15) is 0 Å². The monoisotopic (exact) mass is 388 g/mol. The normalized spacial score (nSPS) is 24.6. The highest BCUT2D eigenvalue weighted by Crippen LogP contribution is 2.48. The van der Waals surface area contributed by atoms with Crippen molar-refractivity contribution in [2.75, 3.05) is 10.6 Å². The summed E-state index contributed by atoms with van der Waals surface area (Å²) in [6, 6.07) is 11.8. The molecular weight excluding hydrogens is 360 g/mol. The summed E-state index contributed by atoms with van der Waals surface area (Å²) in [5, 5.41) is 6.10. The maximum absolute atomic E-state index is 13.1. The number of nitrogens with one attached hydrogen (secondary N) is 2. The Morgan fingerprint density at radius 2 is 1.10 bits per heavy atom. The Morgan fingerprint density at radius 1 is 0.690 bits per heavy atom. The van der Waals surface area contributed by atoms with Gasteiger partial charge in [0.1, 0.15) is 0 Å². The molecule has 0 spiro atoms.